The van der Waals surface area contributed by atoms with Crippen molar-refractivity contribution in [3.63, 3.8) is 0 Å². The third-order valence-corrected chi connectivity index (χ3v) is 8.41. The average molecular weight is 574 g/mol. The fourth-order valence-electron chi connectivity index (χ4n) is 5.27. The van der Waals surface area contributed by atoms with E-state index in [2.05, 4.69) is 29.8 Å². The number of imide groups is 1. The third kappa shape index (κ3) is 4.13. The Hall–Kier alpha value is -5.28. The summed E-state index contributed by atoms with van der Waals surface area (Å²) in [5.74, 6) is -1.92. The van der Waals surface area contributed by atoms with Crippen molar-refractivity contribution in [3.8, 4) is 21.9 Å². The Morgan fingerprint density at radius 1 is 0.952 bits per heavy atom. The molecule has 0 unspecified atom stereocenters. The molecule has 0 aliphatic carbocycles. The molecule has 9 heteroatoms. The molecule has 0 saturated heterocycles. The molecular weight excluding hydrogens is 550 g/mol. The Kier molecular flexibility index (Phi) is 6.09. The zero-order valence-corrected chi connectivity index (χ0v) is 23.2. The lowest BCUT2D eigenvalue weighted by atomic mass is 10.1. The average Bonchev–Trinajstić information content (AvgIpc) is 3.70. The van der Waals surface area contributed by atoms with Crippen LogP contribution < -0.4 is 10.2 Å². The first-order chi connectivity index (χ1) is 20.4. The number of hydrogen-bond donors (Lipinski definition) is 2. The van der Waals surface area contributed by atoms with Crippen LogP contribution in [0.5, 0.6) is 0 Å². The molecule has 0 bridgehead atoms. The molecule has 6 aromatic rings. The molecule has 8 nitrogen and oxygen atoms in total. The minimum absolute atomic E-state index is 0.0575. The van der Waals surface area contributed by atoms with Gasteiger partial charge in [0.15, 0.2) is 5.58 Å². The zero-order valence-electron chi connectivity index (χ0n) is 22.4. The first kappa shape index (κ1) is 25.7. The number of nitrogens with zero attached hydrogens (tertiary/aromatic N) is 2. The molecule has 2 N–H and O–H groups in total. The number of carboxylic acid groups (broad SMARTS) is 1. The number of thiophene rings is 1. The standard InChI is InChI=1S/C33H23N3O5S/c1-2-13-34-26-11-9-21(36-31(37)23-10-7-19(33(39)40)14-24(23)32(36)38)16-25(26)30-35-27-15-18(8-12-28(27)41-30)29-22-6-4-3-5-20(22)17-42-29/h3-12,14-17,34H,2,13H2,1H3,(H,39,40). The maximum Gasteiger partial charge on any atom is 0.335 e. The number of amides is 2. The molecule has 1 aliphatic rings. The number of carbonyl (C=O) groups excluding carboxylic acids is 2. The molecule has 0 fully saturated rings. The number of carboxylic acids is 1. The molecule has 4 aromatic carbocycles. The predicted octanol–water partition coefficient (Wildman–Crippen LogP) is 7.70. The summed E-state index contributed by atoms with van der Waals surface area (Å²) in [4.78, 5) is 45.1. The Morgan fingerprint density at radius 2 is 1.79 bits per heavy atom. The van der Waals surface area contributed by atoms with Crippen LogP contribution in [0.15, 0.2) is 88.7 Å². The van der Waals surface area contributed by atoms with Crippen LogP contribution >= 0.6 is 11.3 Å². The number of anilines is 2. The van der Waals surface area contributed by atoms with E-state index in [0.717, 1.165) is 27.4 Å². The summed E-state index contributed by atoms with van der Waals surface area (Å²) in [6, 6.07) is 23.3. The molecule has 0 spiro atoms. The second kappa shape index (κ2) is 9.97. The van der Waals surface area contributed by atoms with Gasteiger partial charge in [-0.3, -0.25) is 9.59 Å². The zero-order chi connectivity index (χ0) is 29.0. The van der Waals surface area contributed by atoms with Gasteiger partial charge in [-0.15, -0.1) is 11.3 Å². The highest BCUT2D eigenvalue weighted by atomic mass is 32.1. The van der Waals surface area contributed by atoms with E-state index in [-0.39, 0.29) is 16.7 Å². The summed E-state index contributed by atoms with van der Waals surface area (Å²) in [5, 5.41) is 17.3. The van der Waals surface area contributed by atoms with Crippen LogP contribution in [0.4, 0.5) is 11.4 Å². The number of hydrogen-bond acceptors (Lipinski definition) is 7. The van der Waals surface area contributed by atoms with Gasteiger partial charge in [-0.1, -0.05) is 31.2 Å². The van der Waals surface area contributed by atoms with Crippen molar-refractivity contribution < 1.29 is 23.9 Å². The molecule has 3 heterocycles. The minimum atomic E-state index is -1.17. The summed E-state index contributed by atoms with van der Waals surface area (Å²) >= 11 is 1.68. The molecule has 2 amide bonds. The number of nitrogens with one attached hydrogen (secondary N) is 1. The van der Waals surface area contributed by atoms with E-state index in [9.17, 15) is 19.5 Å². The summed E-state index contributed by atoms with van der Waals surface area (Å²) < 4.78 is 6.21. The second-order valence-corrected chi connectivity index (χ2v) is 10.9. The van der Waals surface area contributed by atoms with Crippen molar-refractivity contribution in [1.82, 2.24) is 4.98 Å². The number of carbonyl (C=O) groups is 3. The Morgan fingerprint density at radius 3 is 2.62 bits per heavy atom. The van der Waals surface area contributed by atoms with Gasteiger partial charge in [0.1, 0.15) is 5.52 Å². The fraction of sp³-hybridized carbons (Fsp3) is 0.0909. The van der Waals surface area contributed by atoms with Crippen LogP contribution in [0.3, 0.4) is 0 Å². The topological polar surface area (TPSA) is 113 Å². The molecule has 0 atom stereocenters. The molecule has 0 saturated carbocycles. The smallest absolute Gasteiger partial charge is 0.335 e. The molecular formula is C33H23N3O5S. The maximum absolute atomic E-state index is 13.3. The number of benzene rings is 4. The van der Waals surface area contributed by atoms with Gasteiger partial charge < -0.3 is 14.8 Å². The van der Waals surface area contributed by atoms with E-state index in [1.54, 1.807) is 29.5 Å². The lowest BCUT2D eigenvalue weighted by Crippen LogP contribution is -2.29. The highest BCUT2D eigenvalue weighted by Crippen LogP contribution is 2.39. The van der Waals surface area contributed by atoms with Crippen molar-refractivity contribution in [1.29, 1.82) is 0 Å². The highest BCUT2D eigenvalue weighted by molar-refractivity contribution is 7.15. The van der Waals surface area contributed by atoms with Gasteiger partial charge in [0, 0.05) is 22.5 Å². The van der Waals surface area contributed by atoms with Crippen LogP contribution in [-0.4, -0.2) is 34.4 Å². The minimum Gasteiger partial charge on any atom is -0.478 e. The van der Waals surface area contributed by atoms with E-state index < -0.39 is 17.8 Å². The van der Waals surface area contributed by atoms with Crippen molar-refractivity contribution in [2.45, 2.75) is 13.3 Å². The third-order valence-electron chi connectivity index (χ3n) is 7.35. The van der Waals surface area contributed by atoms with E-state index in [1.807, 2.05) is 30.3 Å². The van der Waals surface area contributed by atoms with Gasteiger partial charge in [0.2, 0.25) is 5.89 Å². The van der Waals surface area contributed by atoms with Crippen molar-refractivity contribution in [2.75, 3.05) is 16.8 Å². The number of fused-ring (bicyclic) bond motifs is 3. The van der Waals surface area contributed by atoms with Gasteiger partial charge in [0.25, 0.3) is 11.8 Å². The van der Waals surface area contributed by atoms with Crippen molar-refractivity contribution in [3.05, 3.63) is 101 Å². The van der Waals surface area contributed by atoms with Crippen LogP contribution in [0, 0.1) is 0 Å². The number of aromatic carboxylic acids is 1. The van der Waals surface area contributed by atoms with Gasteiger partial charge in [-0.25, -0.2) is 14.7 Å². The van der Waals surface area contributed by atoms with E-state index in [1.165, 1.54) is 29.0 Å². The Bertz CT molecular complexity index is 2080. The molecule has 0 radical (unpaired) electrons. The molecule has 206 valence electrons. The molecule has 42 heavy (non-hydrogen) atoms. The number of oxazole rings is 1. The summed E-state index contributed by atoms with van der Waals surface area (Å²) in [7, 11) is 0. The van der Waals surface area contributed by atoms with Gasteiger partial charge in [-0.05, 0) is 77.3 Å². The number of rotatable bonds is 7. The van der Waals surface area contributed by atoms with Gasteiger partial charge >= 0.3 is 5.97 Å². The largest absolute Gasteiger partial charge is 0.478 e. The fourth-order valence-corrected chi connectivity index (χ4v) is 6.30. The maximum atomic E-state index is 13.3. The van der Waals surface area contributed by atoms with Crippen LogP contribution in [0.25, 0.3) is 43.8 Å². The first-order valence-corrected chi connectivity index (χ1v) is 14.3. The van der Waals surface area contributed by atoms with Crippen LogP contribution in [-0.2, 0) is 0 Å². The predicted molar refractivity (Wildman–Crippen MR) is 164 cm³/mol. The SMILES string of the molecule is CCCNc1ccc(N2C(=O)c3ccc(C(=O)O)cc3C2=O)cc1-c1nc2cc(-c3scc4ccccc34)ccc2o1. The monoisotopic (exact) mass is 573 g/mol. The highest BCUT2D eigenvalue weighted by Gasteiger charge is 2.37. The normalized spacial score (nSPS) is 12.8. The van der Waals surface area contributed by atoms with Gasteiger partial charge in [-0.2, -0.15) is 0 Å². The first-order valence-electron chi connectivity index (χ1n) is 13.4. The van der Waals surface area contributed by atoms with E-state index in [0.29, 0.717) is 34.8 Å². The van der Waals surface area contributed by atoms with Crippen molar-refractivity contribution in [2.24, 2.45) is 0 Å². The van der Waals surface area contributed by atoms with Crippen molar-refractivity contribution >= 4 is 62.4 Å². The molecule has 2 aromatic heterocycles. The Balaban J connectivity index is 1.30. The second-order valence-electron chi connectivity index (χ2n) is 10.0. The van der Waals surface area contributed by atoms with Gasteiger partial charge in [0.05, 0.1) is 27.9 Å². The number of aromatic nitrogens is 1. The lowest BCUT2D eigenvalue weighted by Gasteiger charge is -2.17. The quantitative estimate of drug-likeness (QED) is 0.188. The van der Waals surface area contributed by atoms with Crippen LogP contribution in [0.2, 0.25) is 0 Å². The summed E-state index contributed by atoms with van der Waals surface area (Å²) in [6.45, 7) is 2.76. The lowest BCUT2D eigenvalue weighted by molar-refractivity contribution is 0.0696. The molecule has 1 aliphatic heterocycles. The van der Waals surface area contributed by atoms with E-state index in [4.69, 9.17) is 9.40 Å². The van der Waals surface area contributed by atoms with Crippen LogP contribution in [0.1, 0.15) is 44.4 Å². The molecule has 7 rings (SSSR count). The Labute approximate surface area is 243 Å². The summed E-state index contributed by atoms with van der Waals surface area (Å²) in [6.07, 6.45) is 0.886. The summed E-state index contributed by atoms with van der Waals surface area (Å²) in [5.41, 5.74) is 4.20. The van der Waals surface area contributed by atoms with E-state index >= 15 is 0 Å².